The Balaban J connectivity index is 1.65. The number of nitrogens with zero attached hydrogens (tertiary/aromatic N) is 2. The quantitative estimate of drug-likeness (QED) is 0.462. The summed E-state index contributed by atoms with van der Waals surface area (Å²) < 4.78 is 5.51. The first-order valence-corrected chi connectivity index (χ1v) is 8.74. The molecule has 0 fully saturated rings. The Hall–Kier alpha value is -1.34. The minimum atomic E-state index is -0.0839. The molecule has 2 aromatic heterocycles. The largest absolute Gasteiger partial charge is 0.410 e. The van der Waals surface area contributed by atoms with E-state index in [4.69, 9.17) is 27.6 Å². The molecule has 2 heterocycles. The molecule has 0 unspecified atom stereocenters. The standard InChI is InChI=1S/C14H8Cl2N2O2S2/c15-9-4-3-8(6-10(9)16)11(19)7-22-14-18-17-13(20-14)12-2-1-5-21-12/h1-6H,7H2. The van der Waals surface area contributed by atoms with Gasteiger partial charge in [-0.2, -0.15) is 0 Å². The smallest absolute Gasteiger partial charge is 0.277 e. The highest BCUT2D eigenvalue weighted by Crippen LogP contribution is 2.27. The molecule has 8 heteroatoms. The summed E-state index contributed by atoms with van der Waals surface area (Å²) in [6.45, 7) is 0. The van der Waals surface area contributed by atoms with Gasteiger partial charge in [-0.15, -0.1) is 21.5 Å². The molecule has 112 valence electrons. The Morgan fingerprint density at radius 3 is 2.82 bits per heavy atom. The summed E-state index contributed by atoms with van der Waals surface area (Å²) >= 11 is 14.4. The number of halogens is 2. The van der Waals surface area contributed by atoms with Crippen molar-refractivity contribution in [3.63, 3.8) is 0 Å². The molecule has 0 spiro atoms. The SMILES string of the molecule is O=C(CSc1nnc(-c2cccs2)o1)c1ccc(Cl)c(Cl)c1. The molecule has 0 N–H and O–H groups in total. The van der Waals surface area contributed by atoms with Crippen molar-refractivity contribution < 1.29 is 9.21 Å². The predicted octanol–water partition coefficient (Wildman–Crippen LogP) is 5.08. The molecule has 0 aliphatic rings. The Bertz CT molecular complexity index is 803. The van der Waals surface area contributed by atoms with E-state index < -0.39 is 0 Å². The van der Waals surface area contributed by atoms with E-state index in [1.165, 1.54) is 23.1 Å². The molecule has 3 aromatic rings. The van der Waals surface area contributed by atoms with Crippen LogP contribution in [0.25, 0.3) is 10.8 Å². The number of hydrogen-bond acceptors (Lipinski definition) is 6. The third-order valence-electron chi connectivity index (χ3n) is 2.71. The summed E-state index contributed by atoms with van der Waals surface area (Å²) in [4.78, 5) is 13.0. The maximum atomic E-state index is 12.1. The Morgan fingerprint density at radius 2 is 2.09 bits per heavy atom. The van der Waals surface area contributed by atoms with Crippen LogP contribution in [0.5, 0.6) is 0 Å². The summed E-state index contributed by atoms with van der Waals surface area (Å²) in [5.41, 5.74) is 0.500. The molecule has 0 amide bonds. The van der Waals surface area contributed by atoms with Gasteiger partial charge in [-0.3, -0.25) is 4.79 Å². The van der Waals surface area contributed by atoms with Gasteiger partial charge in [0.05, 0.1) is 20.7 Å². The minimum Gasteiger partial charge on any atom is -0.410 e. The van der Waals surface area contributed by atoms with E-state index in [0.717, 1.165) is 4.88 Å². The maximum Gasteiger partial charge on any atom is 0.277 e. The molecule has 3 rings (SSSR count). The monoisotopic (exact) mass is 370 g/mol. The van der Waals surface area contributed by atoms with Crippen molar-refractivity contribution in [3.05, 3.63) is 51.3 Å². The molecule has 1 aromatic carbocycles. The fourth-order valence-electron chi connectivity index (χ4n) is 1.65. The van der Waals surface area contributed by atoms with Crippen molar-refractivity contribution in [1.82, 2.24) is 10.2 Å². The number of benzene rings is 1. The first kappa shape index (κ1) is 15.6. The van der Waals surface area contributed by atoms with Crippen LogP contribution in [0.3, 0.4) is 0 Å². The first-order chi connectivity index (χ1) is 10.6. The van der Waals surface area contributed by atoms with Gasteiger partial charge in [0, 0.05) is 5.56 Å². The molecule has 0 bridgehead atoms. The van der Waals surface area contributed by atoms with E-state index in [1.54, 1.807) is 18.2 Å². The number of rotatable bonds is 5. The molecule has 0 saturated heterocycles. The molecule has 0 saturated carbocycles. The summed E-state index contributed by atoms with van der Waals surface area (Å²) in [7, 11) is 0. The highest BCUT2D eigenvalue weighted by atomic mass is 35.5. The average Bonchev–Trinajstić information content (AvgIpc) is 3.18. The van der Waals surface area contributed by atoms with Crippen LogP contribution in [0.4, 0.5) is 0 Å². The highest BCUT2D eigenvalue weighted by molar-refractivity contribution is 7.99. The van der Waals surface area contributed by atoms with E-state index in [1.807, 2.05) is 17.5 Å². The van der Waals surface area contributed by atoms with Crippen molar-refractivity contribution in [2.45, 2.75) is 5.22 Å². The van der Waals surface area contributed by atoms with Crippen LogP contribution in [0.1, 0.15) is 10.4 Å². The molecule has 0 atom stereocenters. The highest BCUT2D eigenvalue weighted by Gasteiger charge is 2.13. The second-order valence-electron chi connectivity index (χ2n) is 4.19. The predicted molar refractivity (Wildman–Crippen MR) is 89.1 cm³/mol. The fourth-order valence-corrected chi connectivity index (χ4v) is 3.25. The van der Waals surface area contributed by atoms with Gasteiger partial charge in [0.25, 0.3) is 11.1 Å². The van der Waals surface area contributed by atoms with Gasteiger partial charge in [-0.05, 0) is 29.6 Å². The molecule has 22 heavy (non-hydrogen) atoms. The van der Waals surface area contributed by atoms with E-state index >= 15 is 0 Å². The van der Waals surface area contributed by atoms with Crippen LogP contribution in [0, 0.1) is 0 Å². The minimum absolute atomic E-state index is 0.0839. The lowest BCUT2D eigenvalue weighted by atomic mass is 10.1. The van der Waals surface area contributed by atoms with Crippen LogP contribution < -0.4 is 0 Å². The zero-order valence-corrected chi connectivity index (χ0v) is 14.1. The topological polar surface area (TPSA) is 56.0 Å². The number of carbonyl (C=O) groups is 1. The summed E-state index contributed by atoms with van der Waals surface area (Å²) in [6, 6.07) is 8.60. The van der Waals surface area contributed by atoms with Crippen molar-refractivity contribution in [3.8, 4) is 10.8 Å². The molecule has 0 aliphatic heterocycles. The molecule has 4 nitrogen and oxygen atoms in total. The Kier molecular flexibility index (Phi) is 4.83. The number of Topliss-reactive ketones (excluding diaryl/α,β-unsaturated/α-hetero) is 1. The number of thioether (sulfide) groups is 1. The van der Waals surface area contributed by atoms with Gasteiger partial charge >= 0.3 is 0 Å². The lowest BCUT2D eigenvalue weighted by molar-refractivity contribution is 0.102. The summed E-state index contributed by atoms with van der Waals surface area (Å²) in [6.07, 6.45) is 0. The third kappa shape index (κ3) is 3.52. The van der Waals surface area contributed by atoms with Crippen molar-refractivity contribution in [2.75, 3.05) is 5.75 Å². The maximum absolute atomic E-state index is 12.1. The lowest BCUT2D eigenvalue weighted by Crippen LogP contribution is -2.02. The van der Waals surface area contributed by atoms with Gasteiger partial charge in [-0.1, -0.05) is 41.0 Å². The van der Waals surface area contributed by atoms with Crippen molar-refractivity contribution >= 4 is 52.1 Å². The Morgan fingerprint density at radius 1 is 1.23 bits per heavy atom. The number of thiophene rings is 1. The second-order valence-corrected chi connectivity index (χ2v) is 6.88. The lowest BCUT2D eigenvalue weighted by Gasteiger charge is -2.01. The molecule has 0 radical (unpaired) electrons. The zero-order chi connectivity index (χ0) is 15.5. The van der Waals surface area contributed by atoms with Crippen LogP contribution in [-0.4, -0.2) is 21.7 Å². The van der Waals surface area contributed by atoms with E-state index in [2.05, 4.69) is 10.2 Å². The summed E-state index contributed by atoms with van der Waals surface area (Å²) in [5, 5.41) is 10.9. The number of hydrogen-bond donors (Lipinski definition) is 0. The second kappa shape index (κ2) is 6.83. The Labute approximate surface area is 144 Å². The first-order valence-electron chi connectivity index (χ1n) is 6.12. The van der Waals surface area contributed by atoms with Gasteiger partial charge in [0.1, 0.15) is 0 Å². The third-order valence-corrected chi connectivity index (χ3v) is 5.12. The van der Waals surface area contributed by atoms with Gasteiger partial charge in [0.2, 0.25) is 0 Å². The normalized spacial score (nSPS) is 10.8. The van der Waals surface area contributed by atoms with E-state index in [9.17, 15) is 4.79 Å². The number of carbonyl (C=O) groups excluding carboxylic acids is 1. The number of aromatic nitrogens is 2. The number of ketones is 1. The van der Waals surface area contributed by atoms with Crippen LogP contribution in [0.15, 0.2) is 45.4 Å². The van der Waals surface area contributed by atoms with Crippen LogP contribution in [0.2, 0.25) is 10.0 Å². The van der Waals surface area contributed by atoms with Gasteiger partial charge < -0.3 is 4.42 Å². The van der Waals surface area contributed by atoms with Gasteiger partial charge in [-0.25, -0.2) is 0 Å². The van der Waals surface area contributed by atoms with E-state index in [-0.39, 0.29) is 11.5 Å². The molecular formula is C14H8Cl2N2O2S2. The molecular weight excluding hydrogens is 363 g/mol. The van der Waals surface area contributed by atoms with Gasteiger partial charge in [0.15, 0.2) is 5.78 Å². The zero-order valence-electron chi connectivity index (χ0n) is 11.0. The van der Waals surface area contributed by atoms with Crippen molar-refractivity contribution in [1.29, 1.82) is 0 Å². The van der Waals surface area contributed by atoms with Crippen molar-refractivity contribution in [2.24, 2.45) is 0 Å². The summed E-state index contributed by atoms with van der Waals surface area (Å²) in [5.74, 6) is 0.559. The van der Waals surface area contributed by atoms with E-state index in [0.29, 0.717) is 26.7 Å². The molecule has 0 aliphatic carbocycles. The fraction of sp³-hybridized carbons (Fsp3) is 0.0714. The average molecular weight is 371 g/mol. The van der Waals surface area contributed by atoms with Crippen LogP contribution in [-0.2, 0) is 0 Å². The van der Waals surface area contributed by atoms with Crippen LogP contribution >= 0.6 is 46.3 Å².